The van der Waals surface area contributed by atoms with Crippen LogP contribution in [0.5, 0.6) is 0 Å². The lowest BCUT2D eigenvalue weighted by atomic mass is 10.2. The van der Waals surface area contributed by atoms with Crippen LogP contribution in [0, 0.1) is 13.8 Å². The van der Waals surface area contributed by atoms with Crippen LogP contribution in [-0.2, 0) is 0 Å². The van der Waals surface area contributed by atoms with Crippen molar-refractivity contribution in [3.8, 4) is 5.69 Å². The van der Waals surface area contributed by atoms with Gasteiger partial charge in [-0.2, -0.15) is 4.68 Å². The van der Waals surface area contributed by atoms with Gasteiger partial charge < -0.3 is 10.3 Å². The fourth-order valence-electron chi connectivity index (χ4n) is 2.68. The first kappa shape index (κ1) is 17.3. The first-order chi connectivity index (χ1) is 12.9. The second kappa shape index (κ2) is 6.58. The Bertz CT molecular complexity index is 1100. The first-order valence-corrected chi connectivity index (χ1v) is 8.79. The predicted molar refractivity (Wildman–Crippen MR) is 98.4 cm³/mol. The number of anilines is 1. The molecule has 1 amide bonds. The maximum atomic E-state index is 12.5. The van der Waals surface area contributed by atoms with Crippen molar-refractivity contribution < 1.29 is 4.79 Å². The molecule has 2 N–H and O–H groups in total. The first-order valence-electron chi connectivity index (χ1n) is 8.41. The maximum Gasteiger partial charge on any atom is 0.280 e. The Labute approximate surface area is 158 Å². The molecule has 9 nitrogen and oxygen atoms in total. The highest BCUT2D eigenvalue weighted by molar-refractivity contribution is 6.32. The van der Waals surface area contributed by atoms with Crippen LogP contribution in [0.3, 0.4) is 0 Å². The van der Waals surface area contributed by atoms with Gasteiger partial charge in [0, 0.05) is 17.3 Å². The molecule has 0 aliphatic heterocycles. The average molecular weight is 386 g/mol. The van der Waals surface area contributed by atoms with Crippen molar-refractivity contribution in [2.75, 3.05) is 5.32 Å². The molecule has 1 aliphatic rings. The molecule has 0 bridgehead atoms. The summed E-state index contributed by atoms with van der Waals surface area (Å²) in [5.41, 5.74) is 1.48. The number of rotatable bonds is 4. The fourth-order valence-corrected chi connectivity index (χ4v) is 2.88. The van der Waals surface area contributed by atoms with Crippen LogP contribution in [0.4, 0.5) is 5.69 Å². The quantitative estimate of drug-likeness (QED) is 0.710. The summed E-state index contributed by atoms with van der Waals surface area (Å²) < 4.78 is 1.58. The molecular formula is C17H16ClN7O2. The zero-order valence-electron chi connectivity index (χ0n) is 14.7. The average Bonchev–Trinajstić information content (AvgIpc) is 3.36. The van der Waals surface area contributed by atoms with Gasteiger partial charge in [0.1, 0.15) is 0 Å². The SMILES string of the molecule is Cc1nc(C(=O)Nc2ccc(Cl)c(-n3nnnc3C3CC3)c2)c(=O)[nH]c1C. The summed E-state index contributed by atoms with van der Waals surface area (Å²) in [6.45, 7) is 3.44. The number of benzene rings is 1. The summed E-state index contributed by atoms with van der Waals surface area (Å²) in [6, 6.07) is 4.95. The number of amides is 1. The van der Waals surface area contributed by atoms with Crippen molar-refractivity contribution in [2.24, 2.45) is 0 Å². The molecule has 0 unspecified atom stereocenters. The highest BCUT2D eigenvalue weighted by Crippen LogP contribution is 2.39. The number of H-pyrrole nitrogens is 1. The molecule has 0 spiro atoms. The lowest BCUT2D eigenvalue weighted by molar-refractivity contribution is 0.102. The third kappa shape index (κ3) is 3.33. The number of halogens is 1. The Kier molecular flexibility index (Phi) is 4.23. The Morgan fingerprint density at radius 3 is 2.85 bits per heavy atom. The van der Waals surface area contributed by atoms with Crippen molar-refractivity contribution >= 4 is 23.2 Å². The molecule has 0 atom stereocenters. The van der Waals surface area contributed by atoms with Crippen molar-refractivity contribution in [3.05, 3.63) is 56.5 Å². The van der Waals surface area contributed by atoms with Crippen LogP contribution in [0.25, 0.3) is 5.69 Å². The van der Waals surface area contributed by atoms with Gasteiger partial charge in [-0.3, -0.25) is 9.59 Å². The molecule has 27 heavy (non-hydrogen) atoms. The Morgan fingerprint density at radius 1 is 1.33 bits per heavy atom. The molecule has 3 aromatic rings. The van der Waals surface area contributed by atoms with Crippen molar-refractivity contribution in [1.82, 2.24) is 30.2 Å². The van der Waals surface area contributed by atoms with E-state index in [1.807, 2.05) is 0 Å². The summed E-state index contributed by atoms with van der Waals surface area (Å²) in [7, 11) is 0. The van der Waals surface area contributed by atoms with Gasteiger partial charge in [0.05, 0.1) is 16.4 Å². The van der Waals surface area contributed by atoms with E-state index in [-0.39, 0.29) is 5.69 Å². The second-order valence-electron chi connectivity index (χ2n) is 6.47. The number of carbonyl (C=O) groups excluding carboxylic acids is 1. The second-order valence-corrected chi connectivity index (χ2v) is 6.88. The van der Waals surface area contributed by atoms with Crippen LogP contribution in [0.15, 0.2) is 23.0 Å². The van der Waals surface area contributed by atoms with Gasteiger partial charge in [0.15, 0.2) is 11.5 Å². The topological polar surface area (TPSA) is 118 Å². The van der Waals surface area contributed by atoms with Crippen LogP contribution in [0.2, 0.25) is 5.02 Å². The molecule has 2 aromatic heterocycles. The minimum Gasteiger partial charge on any atom is -0.323 e. The lowest BCUT2D eigenvalue weighted by Crippen LogP contribution is -2.26. The fraction of sp³-hybridized carbons (Fsp3) is 0.294. The van der Waals surface area contributed by atoms with E-state index in [1.165, 1.54) is 0 Å². The van der Waals surface area contributed by atoms with Crippen LogP contribution >= 0.6 is 11.6 Å². The van der Waals surface area contributed by atoms with Gasteiger partial charge >= 0.3 is 0 Å². The van der Waals surface area contributed by atoms with E-state index >= 15 is 0 Å². The summed E-state index contributed by atoms with van der Waals surface area (Å²) >= 11 is 6.31. The molecular weight excluding hydrogens is 370 g/mol. The Balaban J connectivity index is 1.65. The number of aromatic nitrogens is 6. The van der Waals surface area contributed by atoms with E-state index in [0.717, 1.165) is 18.7 Å². The zero-order valence-corrected chi connectivity index (χ0v) is 15.4. The highest BCUT2D eigenvalue weighted by atomic mass is 35.5. The molecule has 0 saturated heterocycles. The molecule has 0 radical (unpaired) electrons. The van der Waals surface area contributed by atoms with E-state index in [4.69, 9.17) is 11.6 Å². The molecule has 10 heteroatoms. The smallest absolute Gasteiger partial charge is 0.280 e. The van der Waals surface area contributed by atoms with Crippen molar-refractivity contribution in [2.45, 2.75) is 32.6 Å². The minimum absolute atomic E-state index is 0.198. The highest BCUT2D eigenvalue weighted by Gasteiger charge is 2.30. The normalized spacial score (nSPS) is 13.6. The predicted octanol–water partition coefficient (Wildman–Crippen LogP) is 2.15. The molecule has 4 rings (SSSR count). The summed E-state index contributed by atoms with van der Waals surface area (Å²) in [5, 5.41) is 14.9. The summed E-state index contributed by atoms with van der Waals surface area (Å²) in [5.74, 6) is 0.465. The molecule has 1 fully saturated rings. The van der Waals surface area contributed by atoms with Crippen LogP contribution in [-0.4, -0.2) is 36.1 Å². The lowest BCUT2D eigenvalue weighted by Gasteiger charge is -2.10. The van der Waals surface area contributed by atoms with Gasteiger partial charge in [0.2, 0.25) is 0 Å². The molecule has 138 valence electrons. The van der Waals surface area contributed by atoms with Gasteiger partial charge in [0.25, 0.3) is 11.5 Å². The number of hydrogen-bond acceptors (Lipinski definition) is 6. The van der Waals surface area contributed by atoms with Gasteiger partial charge in [-0.25, -0.2) is 4.98 Å². The van der Waals surface area contributed by atoms with E-state index in [0.29, 0.717) is 33.7 Å². The minimum atomic E-state index is -0.605. The molecule has 2 heterocycles. The summed E-state index contributed by atoms with van der Waals surface area (Å²) in [6.07, 6.45) is 2.07. The van der Waals surface area contributed by atoms with Gasteiger partial charge in [-0.1, -0.05) is 11.6 Å². The maximum absolute atomic E-state index is 12.5. The van der Waals surface area contributed by atoms with Crippen molar-refractivity contribution in [3.63, 3.8) is 0 Å². The van der Waals surface area contributed by atoms with E-state index in [9.17, 15) is 9.59 Å². The van der Waals surface area contributed by atoms with Gasteiger partial charge in [-0.15, -0.1) is 5.10 Å². The molecule has 1 aliphatic carbocycles. The zero-order chi connectivity index (χ0) is 19.1. The largest absolute Gasteiger partial charge is 0.323 e. The standard InChI is InChI=1S/C17H16ClN7O2/c1-8-9(2)20-16(26)14(19-8)17(27)21-11-5-6-12(18)13(7-11)25-15(10-3-4-10)22-23-24-25/h5-7,10H,3-4H2,1-2H3,(H,20,26)(H,21,27). The number of tetrazole rings is 1. The number of nitrogens with one attached hydrogen (secondary N) is 2. The Morgan fingerprint density at radius 2 is 2.11 bits per heavy atom. The number of hydrogen-bond donors (Lipinski definition) is 2. The molecule has 1 aromatic carbocycles. The number of carbonyl (C=O) groups is 1. The van der Waals surface area contributed by atoms with E-state index in [1.54, 1.807) is 36.7 Å². The summed E-state index contributed by atoms with van der Waals surface area (Å²) in [4.78, 5) is 31.2. The van der Waals surface area contributed by atoms with E-state index in [2.05, 4.69) is 30.8 Å². The van der Waals surface area contributed by atoms with Crippen LogP contribution in [0.1, 0.15) is 46.5 Å². The van der Waals surface area contributed by atoms with Crippen molar-refractivity contribution in [1.29, 1.82) is 0 Å². The van der Waals surface area contributed by atoms with Gasteiger partial charge in [-0.05, 0) is 55.3 Å². The van der Waals surface area contributed by atoms with E-state index < -0.39 is 11.5 Å². The number of aromatic amines is 1. The third-order valence-electron chi connectivity index (χ3n) is 4.42. The third-order valence-corrected chi connectivity index (χ3v) is 4.74. The van der Waals surface area contributed by atoms with Crippen LogP contribution < -0.4 is 10.9 Å². The molecule has 1 saturated carbocycles. The Hall–Kier alpha value is -3.07. The number of aryl methyl sites for hydroxylation is 2. The monoisotopic (exact) mass is 385 g/mol. The number of nitrogens with zero attached hydrogens (tertiary/aromatic N) is 5.